The van der Waals surface area contributed by atoms with Crippen LogP contribution < -0.4 is 10.1 Å². The number of esters is 5. The first-order chi connectivity index (χ1) is 28.2. The van der Waals surface area contributed by atoms with Gasteiger partial charge in [-0.2, -0.15) is 0 Å². The monoisotopic (exact) mass is 853 g/mol. The number of nitrogens with zero attached hydrogens (tertiary/aromatic N) is 2. The highest BCUT2D eigenvalue weighted by Crippen LogP contribution is 2.29. The summed E-state index contributed by atoms with van der Waals surface area (Å²) < 4.78 is 44.3. The van der Waals surface area contributed by atoms with E-state index in [1.165, 1.54) is 41.2 Å². The third-order valence-corrected chi connectivity index (χ3v) is 7.74. The predicted octanol–water partition coefficient (Wildman–Crippen LogP) is 3.34. The van der Waals surface area contributed by atoms with Crippen LogP contribution in [0.5, 0.6) is 5.75 Å². The van der Waals surface area contributed by atoms with E-state index >= 15 is 0 Å². The minimum absolute atomic E-state index is 0.00505. The largest absolute Gasteiger partial charge is 0.469 e. The third-order valence-electron chi connectivity index (χ3n) is 7.74. The summed E-state index contributed by atoms with van der Waals surface area (Å²) in [6, 6.07) is 9.98. The van der Waals surface area contributed by atoms with E-state index in [-0.39, 0.29) is 38.4 Å². The van der Waals surface area contributed by atoms with Gasteiger partial charge >= 0.3 is 29.8 Å². The number of halogens is 1. The lowest BCUT2D eigenvalue weighted by molar-refractivity contribution is -0.249. The number of aromatic nitrogens is 2. The molecule has 1 aromatic carbocycles. The lowest BCUT2D eigenvalue weighted by Gasteiger charge is -2.40. The van der Waals surface area contributed by atoms with E-state index in [0.29, 0.717) is 23.3 Å². The zero-order valence-corrected chi connectivity index (χ0v) is 34.9. The van der Waals surface area contributed by atoms with Gasteiger partial charge in [0.1, 0.15) is 41.7 Å². The fourth-order valence-corrected chi connectivity index (χ4v) is 5.18. The number of aliphatic hydroxyl groups is 1. The van der Waals surface area contributed by atoms with Gasteiger partial charge in [-0.05, 0) is 36.4 Å². The van der Waals surface area contributed by atoms with Crippen LogP contribution in [0.4, 0.5) is 5.69 Å². The van der Waals surface area contributed by atoms with Gasteiger partial charge < -0.3 is 52.7 Å². The molecule has 326 valence electrons. The van der Waals surface area contributed by atoms with Gasteiger partial charge in [-0.15, -0.1) is 11.6 Å². The number of rotatable bonds is 16. The molecule has 0 amide bonds. The van der Waals surface area contributed by atoms with Gasteiger partial charge in [0, 0.05) is 78.5 Å². The molecule has 1 saturated heterocycles. The Morgan fingerprint density at radius 1 is 0.915 bits per heavy atom. The number of nitrogens with one attached hydrogen (secondary N) is 1. The van der Waals surface area contributed by atoms with Crippen LogP contribution in [0.1, 0.15) is 67.8 Å². The van der Waals surface area contributed by atoms with Crippen LogP contribution in [-0.4, -0.2) is 135 Å². The van der Waals surface area contributed by atoms with Crippen molar-refractivity contribution in [2.24, 2.45) is 0 Å². The molecule has 1 fully saturated rings. The van der Waals surface area contributed by atoms with Gasteiger partial charge in [0.05, 0.1) is 32.9 Å². The Kier molecular flexibility index (Phi) is 24.3. The third kappa shape index (κ3) is 19.1. The van der Waals surface area contributed by atoms with Crippen molar-refractivity contribution in [1.29, 1.82) is 0 Å². The number of aldehydes is 2. The van der Waals surface area contributed by atoms with Crippen molar-refractivity contribution in [3.05, 3.63) is 60.0 Å². The molecule has 1 aliphatic rings. The van der Waals surface area contributed by atoms with E-state index in [9.17, 15) is 38.7 Å². The predicted molar refractivity (Wildman–Crippen MR) is 210 cm³/mol. The van der Waals surface area contributed by atoms with Crippen LogP contribution in [0.2, 0.25) is 0 Å². The smallest absolute Gasteiger partial charge is 0.335 e. The summed E-state index contributed by atoms with van der Waals surface area (Å²) in [5.41, 5.74) is 2.66. The molecular weight excluding hydrogens is 802 g/mol. The van der Waals surface area contributed by atoms with Gasteiger partial charge in [-0.3, -0.25) is 28.8 Å². The Hall–Kier alpha value is -5.63. The van der Waals surface area contributed by atoms with E-state index in [1.54, 1.807) is 30.5 Å². The summed E-state index contributed by atoms with van der Waals surface area (Å²) in [6.45, 7) is 4.28. The molecule has 1 aliphatic heterocycles. The number of hydrogen-bond donors (Lipinski definition) is 2. The van der Waals surface area contributed by atoms with Crippen LogP contribution in [0, 0.1) is 0 Å². The number of ether oxygens (including phenoxy) is 8. The normalized spacial score (nSPS) is 17.5. The van der Waals surface area contributed by atoms with Crippen LogP contribution in [0.15, 0.2) is 48.8 Å². The molecule has 6 atom stereocenters. The van der Waals surface area contributed by atoms with Crippen molar-refractivity contribution in [3.8, 4) is 5.75 Å². The standard InChI is InChI=1S/C26H34O13.C9H9N3O.C3H6O2.CH3Cl/c1-15(29)35-20(9-10-27)11-22(26(32)33-4)34-14-23-25(37-17(3)31)21(36-16(2)30)12-24(39-23)38-19-7-5-18(13-28)6-8-19;1-10-7-2-3-9-11-8(6-13)5-12(9)4-7;1-3(4)5-2;1-2/h5-8,13,20-25,27H,9-12,14H2,1-4H3;2-6,10H,1H3;1-2H3;1H3. The van der Waals surface area contributed by atoms with Crippen LogP contribution in [-0.2, 0) is 57.1 Å². The molecule has 6 unspecified atom stereocenters. The number of imidazole rings is 1. The lowest BCUT2D eigenvalue weighted by atomic mass is 10.0. The molecule has 2 aromatic heterocycles. The Labute approximate surface area is 346 Å². The summed E-state index contributed by atoms with van der Waals surface area (Å²) in [6.07, 6.45) is 0.174. The average molecular weight is 854 g/mol. The lowest BCUT2D eigenvalue weighted by Crippen LogP contribution is -2.55. The summed E-state index contributed by atoms with van der Waals surface area (Å²) in [7, 11) is 4.35. The van der Waals surface area contributed by atoms with Crippen molar-refractivity contribution < 1.29 is 76.6 Å². The number of anilines is 1. The van der Waals surface area contributed by atoms with Crippen LogP contribution in [0.25, 0.3) is 5.65 Å². The minimum Gasteiger partial charge on any atom is -0.469 e. The Morgan fingerprint density at radius 2 is 1.56 bits per heavy atom. The van der Waals surface area contributed by atoms with E-state index in [4.69, 9.17) is 33.2 Å². The average Bonchev–Trinajstić information content (AvgIpc) is 3.64. The van der Waals surface area contributed by atoms with Crippen LogP contribution >= 0.6 is 11.6 Å². The molecule has 3 aromatic rings. The maximum Gasteiger partial charge on any atom is 0.335 e. The zero-order chi connectivity index (χ0) is 44.5. The maximum atomic E-state index is 12.4. The van der Waals surface area contributed by atoms with E-state index in [2.05, 4.69) is 26.6 Å². The first kappa shape index (κ1) is 51.4. The van der Waals surface area contributed by atoms with Gasteiger partial charge in [0.25, 0.3) is 0 Å². The number of carbonyl (C=O) groups excluding carboxylic acids is 7. The van der Waals surface area contributed by atoms with E-state index < -0.39 is 60.7 Å². The van der Waals surface area contributed by atoms with Crippen molar-refractivity contribution in [2.45, 2.75) is 83.8 Å². The maximum absolute atomic E-state index is 12.4. The molecule has 4 rings (SSSR count). The molecule has 0 saturated carbocycles. The molecule has 20 heteroatoms. The second kappa shape index (κ2) is 27.9. The SMILES string of the molecule is CCl.CNc1ccc2nc(C=O)cn2c1.COC(=O)C(CC(CCO)OC(C)=O)OCC1OC(Oc2ccc(C=O)cc2)CC(OC(C)=O)C1OC(C)=O.COC(C)=O. The molecule has 19 nitrogen and oxygen atoms in total. The summed E-state index contributed by atoms with van der Waals surface area (Å²) in [4.78, 5) is 82.6. The fraction of sp³-hybridized carbons (Fsp3) is 0.487. The number of alkyl halides is 1. The molecule has 3 heterocycles. The second-order valence-corrected chi connectivity index (χ2v) is 12.1. The summed E-state index contributed by atoms with van der Waals surface area (Å²) >= 11 is 4.64. The van der Waals surface area contributed by atoms with Crippen molar-refractivity contribution >= 4 is 65.4 Å². The fourth-order valence-electron chi connectivity index (χ4n) is 5.18. The molecule has 0 spiro atoms. The number of aliphatic hydroxyl groups excluding tert-OH is 1. The second-order valence-electron chi connectivity index (χ2n) is 12.1. The molecule has 0 radical (unpaired) electrons. The van der Waals surface area contributed by atoms with Gasteiger partial charge in [0.2, 0.25) is 6.29 Å². The molecule has 2 N–H and O–H groups in total. The van der Waals surface area contributed by atoms with E-state index in [1.807, 2.05) is 29.8 Å². The molecule has 0 bridgehead atoms. The molecular formula is C39H52ClN3O16. The number of methoxy groups -OCH3 is 2. The minimum atomic E-state index is -1.24. The quantitative estimate of drug-likeness (QED) is 0.0908. The van der Waals surface area contributed by atoms with Crippen LogP contribution in [0.3, 0.4) is 0 Å². The van der Waals surface area contributed by atoms with Gasteiger partial charge in [0.15, 0.2) is 18.5 Å². The number of hydrogen-bond acceptors (Lipinski definition) is 18. The Balaban J connectivity index is 0.000000707. The van der Waals surface area contributed by atoms with Gasteiger partial charge in [-0.1, -0.05) is 0 Å². The van der Waals surface area contributed by atoms with Crippen molar-refractivity contribution in [2.75, 3.05) is 46.2 Å². The molecule has 0 aliphatic carbocycles. The molecule has 59 heavy (non-hydrogen) atoms. The summed E-state index contributed by atoms with van der Waals surface area (Å²) in [5.74, 6) is -2.56. The highest BCUT2D eigenvalue weighted by atomic mass is 35.5. The van der Waals surface area contributed by atoms with Crippen molar-refractivity contribution in [1.82, 2.24) is 9.38 Å². The topological polar surface area (TPSA) is 243 Å². The van der Waals surface area contributed by atoms with E-state index in [0.717, 1.165) is 24.7 Å². The van der Waals surface area contributed by atoms with Gasteiger partial charge in [-0.25, -0.2) is 9.78 Å². The zero-order valence-electron chi connectivity index (χ0n) is 34.1. The highest BCUT2D eigenvalue weighted by Gasteiger charge is 2.45. The number of benzene rings is 1. The highest BCUT2D eigenvalue weighted by molar-refractivity contribution is 6.15. The first-order valence-electron chi connectivity index (χ1n) is 17.9. The number of pyridine rings is 1. The Morgan fingerprint density at radius 3 is 2.07 bits per heavy atom. The summed E-state index contributed by atoms with van der Waals surface area (Å²) in [5, 5.41) is 12.3. The van der Waals surface area contributed by atoms with Crippen molar-refractivity contribution in [3.63, 3.8) is 0 Å². The Bertz CT molecular complexity index is 1790. The number of carbonyl (C=O) groups is 7. The first-order valence-corrected chi connectivity index (χ1v) is 18.7. The number of fused-ring (bicyclic) bond motifs is 1.